The Morgan fingerprint density at radius 2 is 2.00 bits per heavy atom. The molecule has 0 atom stereocenters. The van der Waals surface area contributed by atoms with E-state index in [1.807, 2.05) is 16.9 Å². The van der Waals surface area contributed by atoms with E-state index in [1.165, 1.54) is 37.8 Å². The monoisotopic (exact) mass is 241 g/mol. The molecule has 0 saturated heterocycles. The van der Waals surface area contributed by atoms with Crippen molar-refractivity contribution in [3.8, 4) is 5.69 Å². The molecule has 1 heterocycles. The molecule has 1 aliphatic rings. The quantitative estimate of drug-likeness (QED) is 0.889. The number of nitrogens with one attached hydrogen (secondary N) is 1. The summed E-state index contributed by atoms with van der Waals surface area (Å²) in [5.74, 6) is 0. The van der Waals surface area contributed by atoms with Crippen LogP contribution < -0.4 is 5.32 Å². The van der Waals surface area contributed by atoms with Crippen LogP contribution in [0.3, 0.4) is 0 Å². The Hall–Kier alpha value is -1.77. The number of hydrogen-bond acceptors (Lipinski definition) is 2. The number of aromatic nitrogens is 2. The third kappa shape index (κ3) is 2.55. The maximum Gasteiger partial charge on any atom is 0.0666 e. The number of benzene rings is 1. The van der Waals surface area contributed by atoms with E-state index >= 15 is 0 Å². The van der Waals surface area contributed by atoms with Crippen molar-refractivity contribution in [1.29, 1.82) is 0 Å². The minimum Gasteiger partial charge on any atom is -0.382 e. The Bertz CT molecular complexity index is 484. The van der Waals surface area contributed by atoms with Crippen LogP contribution in [0.25, 0.3) is 5.69 Å². The largest absolute Gasteiger partial charge is 0.382 e. The zero-order valence-electron chi connectivity index (χ0n) is 10.5. The molecule has 2 aromatic rings. The lowest BCUT2D eigenvalue weighted by Gasteiger charge is -2.24. The third-order valence-corrected chi connectivity index (χ3v) is 3.59. The van der Waals surface area contributed by atoms with E-state index in [-0.39, 0.29) is 0 Å². The van der Waals surface area contributed by atoms with Gasteiger partial charge in [0.1, 0.15) is 0 Å². The van der Waals surface area contributed by atoms with Crippen molar-refractivity contribution in [2.24, 2.45) is 0 Å². The van der Waals surface area contributed by atoms with Crippen LogP contribution >= 0.6 is 0 Å². The molecule has 18 heavy (non-hydrogen) atoms. The fourth-order valence-corrected chi connectivity index (χ4v) is 2.64. The summed E-state index contributed by atoms with van der Waals surface area (Å²) >= 11 is 0. The molecule has 1 aromatic carbocycles. The fraction of sp³-hybridized carbons (Fsp3) is 0.400. The number of anilines is 1. The zero-order valence-corrected chi connectivity index (χ0v) is 10.5. The van der Waals surface area contributed by atoms with Gasteiger partial charge in [-0.15, -0.1) is 0 Å². The lowest BCUT2D eigenvalue weighted by Crippen LogP contribution is -2.22. The van der Waals surface area contributed by atoms with Crippen LogP contribution in [0.5, 0.6) is 0 Å². The normalized spacial score (nSPS) is 16.7. The van der Waals surface area contributed by atoms with Gasteiger partial charge in [0.2, 0.25) is 0 Å². The van der Waals surface area contributed by atoms with E-state index in [4.69, 9.17) is 0 Å². The Kier molecular flexibility index (Phi) is 3.31. The van der Waals surface area contributed by atoms with Gasteiger partial charge < -0.3 is 5.32 Å². The molecule has 0 amide bonds. The molecule has 94 valence electrons. The Morgan fingerprint density at radius 1 is 1.11 bits per heavy atom. The molecule has 1 N–H and O–H groups in total. The predicted octanol–water partition coefficient (Wildman–Crippen LogP) is 3.62. The summed E-state index contributed by atoms with van der Waals surface area (Å²) in [6.07, 6.45) is 10.5. The first-order valence-electron chi connectivity index (χ1n) is 6.78. The summed E-state index contributed by atoms with van der Waals surface area (Å²) in [4.78, 5) is 0. The highest BCUT2D eigenvalue weighted by Crippen LogP contribution is 2.22. The molecule has 0 unspecified atom stereocenters. The first-order chi connectivity index (χ1) is 8.92. The molecule has 0 aliphatic heterocycles. The molecule has 0 radical (unpaired) electrons. The standard InChI is InChI=1S/C15H19N3/c1-2-6-13(7-3-1)17-14-8-4-9-15(12-14)18-11-5-10-16-18/h4-5,8-13,17H,1-3,6-7H2. The average molecular weight is 241 g/mol. The van der Waals surface area contributed by atoms with Crippen LogP contribution in [-0.4, -0.2) is 15.8 Å². The van der Waals surface area contributed by atoms with E-state index in [0.717, 1.165) is 5.69 Å². The summed E-state index contributed by atoms with van der Waals surface area (Å²) < 4.78 is 1.89. The van der Waals surface area contributed by atoms with Crippen molar-refractivity contribution in [2.45, 2.75) is 38.1 Å². The zero-order chi connectivity index (χ0) is 12.2. The second-order valence-electron chi connectivity index (χ2n) is 4.98. The lowest BCUT2D eigenvalue weighted by molar-refractivity contribution is 0.463. The van der Waals surface area contributed by atoms with Gasteiger partial charge in [-0.3, -0.25) is 0 Å². The van der Waals surface area contributed by atoms with Crippen molar-refractivity contribution >= 4 is 5.69 Å². The van der Waals surface area contributed by atoms with Gasteiger partial charge in [0.15, 0.2) is 0 Å². The Balaban J connectivity index is 1.74. The van der Waals surface area contributed by atoms with Crippen molar-refractivity contribution in [1.82, 2.24) is 9.78 Å². The number of nitrogens with zero attached hydrogens (tertiary/aromatic N) is 2. The highest BCUT2D eigenvalue weighted by atomic mass is 15.3. The molecule has 1 aromatic heterocycles. The van der Waals surface area contributed by atoms with Gasteiger partial charge in [0.25, 0.3) is 0 Å². The average Bonchev–Trinajstić information content (AvgIpc) is 2.94. The molecule has 3 heteroatoms. The minimum atomic E-state index is 0.645. The smallest absolute Gasteiger partial charge is 0.0666 e. The Labute approximate surface area is 108 Å². The molecule has 0 bridgehead atoms. The van der Waals surface area contributed by atoms with E-state index in [1.54, 1.807) is 6.20 Å². The SMILES string of the molecule is c1cc(NC2CCCCC2)cc(-n2cccn2)c1. The maximum atomic E-state index is 4.26. The molecule has 3 nitrogen and oxygen atoms in total. The van der Waals surface area contributed by atoms with E-state index in [9.17, 15) is 0 Å². The van der Waals surface area contributed by atoms with Crippen LogP contribution in [-0.2, 0) is 0 Å². The van der Waals surface area contributed by atoms with Crippen molar-refractivity contribution in [2.75, 3.05) is 5.32 Å². The second kappa shape index (κ2) is 5.25. The van der Waals surface area contributed by atoms with Crippen LogP contribution in [0.1, 0.15) is 32.1 Å². The molecular formula is C15H19N3. The molecule has 1 fully saturated rings. The minimum absolute atomic E-state index is 0.645. The van der Waals surface area contributed by atoms with Crippen LogP contribution in [0.15, 0.2) is 42.7 Å². The molecule has 1 saturated carbocycles. The van der Waals surface area contributed by atoms with Crippen molar-refractivity contribution in [3.05, 3.63) is 42.7 Å². The van der Waals surface area contributed by atoms with Gasteiger partial charge in [0.05, 0.1) is 5.69 Å². The number of rotatable bonds is 3. The fourth-order valence-electron chi connectivity index (χ4n) is 2.64. The van der Waals surface area contributed by atoms with Gasteiger partial charge in [-0.1, -0.05) is 25.3 Å². The van der Waals surface area contributed by atoms with E-state index < -0.39 is 0 Å². The maximum absolute atomic E-state index is 4.26. The Morgan fingerprint density at radius 3 is 2.78 bits per heavy atom. The van der Waals surface area contributed by atoms with Crippen molar-refractivity contribution in [3.63, 3.8) is 0 Å². The van der Waals surface area contributed by atoms with Gasteiger partial charge in [-0.05, 0) is 37.1 Å². The van der Waals surface area contributed by atoms with Gasteiger partial charge >= 0.3 is 0 Å². The highest BCUT2D eigenvalue weighted by molar-refractivity contribution is 5.51. The van der Waals surface area contributed by atoms with Crippen molar-refractivity contribution < 1.29 is 0 Å². The first-order valence-corrected chi connectivity index (χ1v) is 6.78. The third-order valence-electron chi connectivity index (χ3n) is 3.59. The topological polar surface area (TPSA) is 29.9 Å². The van der Waals surface area contributed by atoms with E-state index in [0.29, 0.717) is 6.04 Å². The summed E-state index contributed by atoms with van der Waals surface area (Å²) in [5, 5.41) is 7.91. The lowest BCUT2D eigenvalue weighted by atomic mass is 9.95. The summed E-state index contributed by atoms with van der Waals surface area (Å²) in [6.45, 7) is 0. The summed E-state index contributed by atoms with van der Waals surface area (Å²) in [6, 6.07) is 11.1. The first kappa shape index (κ1) is 11.3. The molecule has 1 aliphatic carbocycles. The summed E-state index contributed by atoms with van der Waals surface area (Å²) in [7, 11) is 0. The van der Waals surface area contributed by atoms with Gasteiger partial charge in [-0.2, -0.15) is 5.10 Å². The molecule has 3 rings (SSSR count). The van der Waals surface area contributed by atoms with Gasteiger partial charge in [0, 0.05) is 24.1 Å². The van der Waals surface area contributed by atoms with Crippen LogP contribution in [0, 0.1) is 0 Å². The van der Waals surface area contributed by atoms with Crippen LogP contribution in [0.4, 0.5) is 5.69 Å². The summed E-state index contributed by atoms with van der Waals surface area (Å²) in [5.41, 5.74) is 2.32. The predicted molar refractivity (Wildman–Crippen MR) is 74.1 cm³/mol. The highest BCUT2D eigenvalue weighted by Gasteiger charge is 2.12. The molecular weight excluding hydrogens is 222 g/mol. The second-order valence-corrected chi connectivity index (χ2v) is 4.98. The number of hydrogen-bond donors (Lipinski definition) is 1. The van der Waals surface area contributed by atoms with Gasteiger partial charge in [-0.25, -0.2) is 4.68 Å². The van der Waals surface area contributed by atoms with E-state index in [2.05, 4.69) is 34.7 Å². The van der Waals surface area contributed by atoms with Crippen LogP contribution in [0.2, 0.25) is 0 Å². The molecule has 0 spiro atoms.